The quantitative estimate of drug-likeness (QED) is 0.149. The van der Waals surface area contributed by atoms with Crippen LogP contribution in [0.15, 0.2) is 36.5 Å². The van der Waals surface area contributed by atoms with E-state index in [9.17, 15) is 0 Å². The summed E-state index contributed by atoms with van der Waals surface area (Å²) in [5.74, 6) is 2.21. The molecule has 202 valence electrons. The molecule has 0 aliphatic heterocycles. The predicted octanol–water partition coefficient (Wildman–Crippen LogP) is 8.32. The number of fused-ring (bicyclic) bond motifs is 3. The number of para-hydroxylation sites is 1. The number of unbranched alkanes of at least 4 members (excludes halogenated alkanes) is 4. The molecule has 0 aliphatic carbocycles. The molecule has 0 saturated heterocycles. The number of nitrogens with zero attached hydrogens (tertiary/aromatic N) is 4. The molecule has 0 N–H and O–H groups in total. The summed E-state index contributed by atoms with van der Waals surface area (Å²) < 4.78 is 4.57. The van der Waals surface area contributed by atoms with Gasteiger partial charge in [-0.25, -0.2) is 0 Å². The van der Waals surface area contributed by atoms with Gasteiger partial charge in [0.15, 0.2) is 0 Å². The first-order chi connectivity index (χ1) is 17.8. The largest absolute Gasteiger partial charge is 0.364 e. The van der Waals surface area contributed by atoms with E-state index in [-0.39, 0.29) is 0 Å². The summed E-state index contributed by atoms with van der Waals surface area (Å²) in [4.78, 5) is 8.91. The van der Waals surface area contributed by atoms with Crippen LogP contribution >= 0.6 is 48.0 Å². The monoisotopic (exact) mass is 574 g/mol. The van der Waals surface area contributed by atoms with Gasteiger partial charge in [-0.2, -0.15) is 0 Å². The van der Waals surface area contributed by atoms with Gasteiger partial charge >= 0.3 is 0 Å². The molecule has 2 heterocycles. The number of aryl methyl sites for hydroxylation is 1. The van der Waals surface area contributed by atoms with Crippen LogP contribution in [0.1, 0.15) is 63.0 Å². The van der Waals surface area contributed by atoms with Gasteiger partial charge < -0.3 is 14.4 Å². The number of rotatable bonds is 13. The predicted molar refractivity (Wildman–Crippen MR) is 175 cm³/mol. The number of hydrogen-bond acceptors (Lipinski definition) is 5. The van der Waals surface area contributed by atoms with Gasteiger partial charge in [0.1, 0.15) is 8.64 Å². The average molecular weight is 575 g/mol. The highest BCUT2D eigenvalue weighted by Gasteiger charge is 2.19. The summed E-state index contributed by atoms with van der Waals surface area (Å²) in [5, 5.41) is 1.27. The Kier molecular flexibility index (Phi) is 12.5. The Labute approximate surface area is 242 Å². The first-order valence-corrected chi connectivity index (χ1v) is 16.1. The Morgan fingerprint density at radius 2 is 1.41 bits per heavy atom. The summed E-state index contributed by atoms with van der Waals surface area (Å²) >= 11 is 14.5. The van der Waals surface area contributed by atoms with Gasteiger partial charge in [-0.15, -0.1) is 0 Å². The lowest BCUT2D eigenvalue weighted by Gasteiger charge is -2.22. The summed E-state index contributed by atoms with van der Waals surface area (Å²) in [7, 11) is 8.10. The first-order valence-electron chi connectivity index (χ1n) is 13.3. The van der Waals surface area contributed by atoms with Crippen LogP contribution in [0.5, 0.6) is 0 Å². The molecule has 0 bridgehead atoms. The second kappa shape index (κ2) is 15.3. The van der Waals surface area contributed by atoms with E-state index in [1.807, 2.05) is 44.2 Å². The molecule has 2 aromatic heterocycles. The van der Waals surface area contributed by atoms with E-state index in [1.54, 1.807) is 23.5 Å². The highest BCUT2D eigenvalue weighted by Crippen LogP contribution is 2.35. The number of hydrogen-bond donors (Lipinski definition) is 0. The fraction of sp³-hybridized carbons (Fsp3) is 0.552. The molecule has 8 heteroatoms. The zero-order valence-corrected chi connectivity index (χ0v) is 26.3. The minimum atomic E-state index is 0.483. The Balaban J connectivity index is 1.68. The standard InChI is InChI=1S/C29H42N4S4/c1-22-20-26-27(30-21-22)24-16-10-11-17-25(24)33(26)23(14-8-6-12-18-36-28(34)31(2)3)15-9-7-13-19-37-29(35)32(4)5/h10-11,16-17,20-21,23H,6-9,12-15,18-19H2,1-5H3. The topological polar surface area (TPSA) is 24.3 Å². The zero-order chi connectivity index (χ0) is 26.8. The van der Waals surface area contributed by atoms with Gasteiger partial charge in [0.05, 0.1) is 16.6 Å². The van der Waals surface area contributed by atoms with Gasteiger partial charge in [0.25, 0.3) is 0 Å². The molecular weight excluding hydrogens is 533 g/mol. The number of thiocarbonyl (C=S) groups is 2. The fourth-order valence-electron chi connectivity index (χ4n) is 4.65. The van der Waals surface area contributed by atoms with Crippen molar-refractivity contribution in [3.8, 4) is 0 Å². The van der Waals surface area contributed by atoms with E-state index < -0.39 is 0 Å². The molecule has 0 amide bonds. The summed E-state index contributed by atoms with van der Waals surface area (Å²) in [6, 6.07) is 11.6. The summed E-state index contributed by atoms with van der Waals surface area (Å²) in [6.45, 7) is 2.15. The molecule has 0 radical (unpaired) electrons. The Bertz CT molecular complexity index is 1140. The average Bonchev–Trinajstić information content (AvgIpc) is 3.19. The molecule has 37 heavy (non-hydrogen) atoms. The molecule has 0 fully saturated rings. The van der Waals surface area contributed by atoms with Crippen LogP contribution in [0.2, 0.25) is 0 Å². The summed E-state index contributed by atoms with van der Waals surface area (Å²) in [6.07, 6.45) is 11.8. The number of benzene rings is 1. The molecule has 4 nitrogen and oxygen atoms in total. The number of aromatic nitrogens is 2. The van der Waals surface area contributed by atoms with Crippen molar-refractivity contribution < 1.29 is 0 Å². The van der Waals surface area contributed by atoms with Crippen molar-refractivity contribution in [2.45, 2.75) is 64.3 Å². The van der Waals surface area contributed by atoms with Gasteiger partial charge in [-0.3, -0.25) is 4.98 Å². The molecule has 3 rings (SSSR count). The third kappa shape index (κ3) is 8.84. The van der Waals surface area contributed by atoms with Crippen molar-refractivity contribution in [1.82, 2.24) is 19.4 Å². The lowest BCUT2D eigenvalue weighted by atomic mass is 10.0. The van der Waals surface area contributed by atoms with Crippen LogP contribution in [0.3, 0.4) is 0 Å². The van der Waals surface area contributed by atoms with E-state index >= 15 is 0 Å². The molecule has 3 aromatic rings. The van der Waals surface area contributed by atoms with Crippen molar-refractivity contribution in [2.75, 3.05) is 39.7 Å². The smallest absolute Gasteiger partial charge is 0.135 e. The molecule has 0 saturated carbocycles. The molecule has 0 unspecified atom stereocenters. The zero-order valence-electron chi connectivity index (χ0n) is 23.0. The normalized spacial score (nSPS) is 11.5. The Hall–Kier alpha value is -1.35. The van der Waals surface area contributed by atoms with Gasteiger partial charge in [-0.1, -0.05) is 91.8 Å². The molecule has 0 atom stereocenters. The van der Waals surface area contributed by atoms with E-state index in [4.69, 9.17) is 29.4 Å². The van der Waals surface area contributed by atoms with E-state index in [0.29, 0.717) is 6.04 Å². The first kappa shape index (κ1) is 30.2. The van der Waals surface area contributed by atoms with E-state index in [1.165, 1.54) is 73.3 Å². The van der Waals surface area contributed by atoms with E-state index in [2.05, 4.69) is 41.8 Å². The fourth-order valence-corrected chi connectivity index (χ4v) is 6.71. The van der Waals surface area contributed by atoms with Crippen LogP contribution in [0.4, 0.5) is 0 Å². The van der Waals surface area contributed by atoms with E-state index in [0.717, 1.165) is 25.7 Å². The SMILES string of the molecule is Cc1cnc2c3ccccc3n(C(CCCCCSC(=S)N(C)C)CCCCCSC(=S)N(C)C)c2c1. The van der Waals surface area contributed by atoms with Crippen LogP contribution in [-0.2, 0) is 0 Å². The minimum Gasteiger partial charge on any atom is -0.364 e. The maximum absolute atomic E-state index is 5.43. The van der Waals surface area contributed by atoms with Gasteiger partial charge in [0.2, 0.25) is 0 Å². The highest BCUT2D eigenvalue weighted by molar-refractivity contribution is 8.23. The summed E-state index contributed by atoms with van der Waals surface area (Å²) in [5.41, 5.74) is 4.95. The minimum absolute atomic E-state index is 0.483. The van der Waals surface area contributed by atoms with Crippen molar-refractivity contribution >= 4 is 78.5 Å². The number of thioether (sulfide) groups is 2. The van der Waals surface area contributed by atoms with Gasteiger partial charge in [-0.05, 0) is 50.3 Å². The third-order valence-electron chi connectivity index (χ3n) is 6.59. The lowest BCUT2D eigenvalue weighted by Crippen LogP contribution is -2.16. The Morgan fingerprint density at radius 3 is 1.97 bits per heavy atom. The second-order valence-electron chi connectivity index (χ2n) is 10.1. The maximum Gasteiger partial charge on any atom is 0.135 e. The van der Waals surface area contributed by atoms with Crippen molar-refractivity contribution in [2.24, 2.45) is 0 Å². The Morgan fingerprint density at radius 1 is 0.838 bits per heavy atom. The number of pyridine rings is 1. The van der Waals surface area contributed by atoms with Crippen molar-refractivity contribution in [3.63, 3.8) is 0 Å². The highest BCUT2D eigenvalue weighted by atomic mass is 32.2. The second-order valence-corrected chi connectivity index (χ2v) is 13.6. The van der Waals surface area contributed by atoms with Crippen LogP contribution < -0.4 is 0 Å². The van der Waals surface area contributed by atoms with Crippen molar-refractivity contribution in [3.05, 3.63) is 42.1 Å². The van der Waals surface area contributed by atoms with Crippen LogP contribution in [0, 0.1) is 6.92 Å². The molecular formula is C29H42N4S4. The van der Waals surface area contributed by atoms with Crippen LogP contribution in [-0.4, -0.2) is 67.7 Å². The van der Waals surface area contributed by atoms with Crippen LogP contribution in [0.25, 0.3) is 21.9 Å². The third-order valence-corrected chi connectivity index (χ3v) is 10.2. The molecule has 0 spiro atoms. The van der Waals surface area contributed by atoms with Gasteiger partial charge in [0, 0.05) is 57.3 Å². The maximum atomic E-state index is 5.43. The van der Waals surface area contributed by atoms with Crippen molar-refractivity contribution in [1.29, 1.82) is 0 Å². The molecule has 1 aromatic carbocycles. The lowest BCUT2D eigenvalue weighted by molar-refractivity contribution is 0.418. The molecule has 0 aliphatic rings.